The first kappa shape index (κ1) is 20.0. The van der Waals surface area contributed by atoms with Gasteiger partial charge in [-0.15, -0.1) is 11.3 Å². The van der Waals surface area contributed by atoms with Crippen molar-refractivity contribution in [3.63, 3.8) is 0 Å². The van der Waals surface area contributed by atoms with E-state index in [9.17, 15) is 14.4 Å². The summed E-state index contributed by atoms with van der Waals surface area (Å²) in [7, 11) is 1.64. The Hall–Kier alpha value is -2.74. The highest BCUT2D eigenvalue weighted by Crippen LogP contribution is 2.35. The van der Waals surface area contributed by atoms with Gasteiger partial charge < -0.3 is 5.32 Å². The summed E-state index contributed by atoms with van der Waals surface area (Å²) in [6, 6.07) is 8.96. The number of carbonyl (C=O) groups excluding carboxylic acids is 3. The Morgan fingerprint density at radius 2 is 2.00 bits per heavy atom. The molecule has 7 nitrogen and oxygen atoms in total. The summed E-state index contributed by atoms with van der Waals surface area (Å²) in [5.41, 5.74) is 0.333. The van der Waals surface area contributed by atoms with Crippen LogP contribution in [0.1, 0.15) is 44.4 Å². The zero-order valence-corrected chi connectivity index (χ0v) is 17.1. The van der Waals surface area contributed by atoms with E-state index in [0.29, 0.717) is 17.2 Å². The van der Waals surface area contributed by atoms with Crippen LogP contribution in [-0.2, 0) is 21.7 Å². The minimum atomic E-state index is -1.04. The first-order valence-electron chi connectivity index (χ1n) is 9.27. The fourth-order valence-corrected chi connectivity index (χ4v) is 4.09. The van der Waals surface area contributed by atoms with Gasteiger partial charge in [0.2, 0.25) is 5.91 Å². The van der Waals surface area contributed by atoms with Crippen molar-refractivity contribution in [1.29, 1.82) is 0 Å². The molecule has 148 valence electrons. The van der Waals surface area contributed by atoms with E-state index in [1.807, 2.05) is 30.3 Å². The monoisotopic (exact) mass is 400 g/mol. The SMILES string of the molecule is CCCCC1(c2ccccc2)NC(=O)N(Cc2csc(N(C)C(C)=O)n2)C1=O. The number of nitrogens with zero attached hydrogens (tertiary/aromatic N) is 3. The molecule has 1 atom stereocenters. The lowest BCUT2D eigenvalue weighted by Gasteiger charge is -2.27. The van der Waals surface area contributed by atoms with Crippen LogP contribution in [0.25, 0.3) is 0 Å². The molecule has 2 heterocycles. The van der Waals surface area contributed by atoms with Crippen LogP contribution in [0.2, 0.25) is 0 Å². The molecule has 0 saturated carbocycles. The molecule has 3 rings (SSSR count). The number of nitrogens with one attached hydrogen (secondary N) is 1. The van der Waals surface area contributed by atoms with Crippen LogP contribution in [0, 0.1) is 0 Å². The van der Waals surface area contributed by atoms with Gasteiger partial charge in [0.15, 0.2) is 5.13 Å². The fourth-order valence-electron chi connectivity index (χ4n) is 3.26. The minimum Gasteiger partial charge on any atom is -0.319 e. The molecule has 2 aromatic rings. The van der Waals surface area contributed by atoms with Crippen molar-refractivity contribution in [2.24, 2.45) is 0 Å². The standard InChI is InChI=1S/C20H24N4O3S/c1-4-5-11-20(15-9-7-6-8-10-15)17(26)24(18(27)22-20)12-16-13-28-19(21-16)23(3)14(2)25/h6-10,13H,4-5,11-12H2,1-3H3,(H,22,27). The second kappa shape index (κ2) is 8.10. The van der Waals surface area contributed by atoms with Gasteiger partial charge in [-0.25, -0.2) is 9.78 Å². The lowest BCUT2D eigenvalue weighted by molar-refractivity contribution is -0.132. The van der Waals surface area contributed by atoms with Gasteiger partial charge in [0.1, 0.15) is 5.54 Å². The molecular weight excluding hydrogens is 376 g/mol. The Labute approximate surface area is 168 Å². The average molecular weight is 401 g/mol. The molecule has 1 aliphatic heterocycles. The molecular formula is C20H24N4O3S. The number of thiazole rings is 1. The quantitative estimate of drug-likeness (QED) is 0.723. The number of urea groups is 1. The van der Waals surface area contributed by atoms with Gasteiger partial charge in [-0.2, -0.15) is 0 Å². The number of benzene rings is 1. The van der Waals surface area contributed by atoms with Crippen molar-refractivity contribution in [2.45, 2.75) is 45.2 Å². The number of carbonyl (C=O) groups is 3. The lowest BCUT2D eigenvalue weighted by atomic mass is 9.85. The van der Waals surface area contributed by atoms with Gasteiger partial charge in [-0.1, -0.05) is 50.1 Å². The number of aromatic nitrogens is 1. The summed E-state index contributed by atoms with van der Waals surface area (Å²) in [6.07, 6.45) is 2.29. The summed E-state index contributed by atoms with van der Waals surface area (Å²) < 4.78 is 0. The maximum absolute atomic E-state index is 13.4. The van der Waals surface area contributed by atoms with Crippen molar-refractivity contribution < 1.29 is 14.4 Å². The van der Waals surface area contributed by atoms with E-state index >= 15 is 0 Å². The third kappa shape index (κ3) is 3.64. The summed E-state index contributed by atoms with van der Waals surface area (Å²) in [5.74, 6) is -0.384. The molecule has 4 amide bonds. The molecule has 1 aromatic carbocycles. The molecule has 28 heavy (non-hydrogen) atoms. The van der Waals surface area contributed by atoms with Gasteiger partial charge in [-0.05, 0) is 12.0 Å². The zero-order valence-electron chi connectivity index (χ0n) is 16.3. The molecule has 1 unspecified atom stereocenters. The van der Waals surface area contributed by atoms with Crippen molar-refractivity contribution in [3.05, 3.63) is 47.0 Å². The van der Waals surface area contributed by atoms with Gasteiger partial charge in [0, 0.05) is 19.4 Å². The Morgan fingerprint density at radius 1 is 1.29 bits per heavy atom. The first-order valence-corrected chi connectivity index (χ1v) is 10.2. The normalized spacial score (nSPS) is 19.0. The van der Waals surface area contributed by atoms with E-state index in [1.54, 1.807) is 12.4 Å². The van der Waals surface area contributed by atoms with E-state index in [4.69, 9.17) is 0 Å². The first-order chi connectivity index (χ1) is 13.4. The molecule has 1 saturated heterocycles. The van der Waals surface area contributed by atoms with Crippen molar-refractivity contribution in [3.8, 4) is 0 Å². The second-order valence-corrected chi connectivity index (χ2v) is 7.73. The zero-order chi connectivity index (χ0) is 20.3. The van der Waals surface area contributed by atoms with Crippen LogP contribution in [0.4, 0.5) is 9.93 Å². The van der Waals surface area contributed by atoms with Crippen LogP contribution in [0.5, 0.6) is 0 Å². The predicted octanol–water partition coefficient (Wildman–Crippen LogP) is 3.26. The van der Waals surface area contributed by atoms with Gasteiger partial charge in [0.05, 0.1) is 12.2 Å². The minimum absolute atomic E-state index is 0.0770. The van der Waals surface area contributed by atoms with Crippen molar-refractivity contribution in [2.75, 3.05) is 11.9 Å². The fraction of sp³-hybridized carbons (Fsp3) is 0.400. The Kier molecular flexibility index (Phi) is 5.79. The molecule has 0 radical (unpaired) electrons. The van der Waals surface area contributed by atoms with E-state index in [2.05, 4.69) is 17.2 Å². The van der Waals surface area contributed by atoms with E-state index in [0.717, 1.165) is 18.4 Å². The maximum atomic E-state index is 13.4. The number of imide groups is 1. The molecule has 1 aromatic heterocycles. The Bertz CT molecular complexity index is 883. The third-order valence-corrected chi connectivity index (χ3v) is 5.93. The largest absolute Gasteiger partial charge is 0.325 e. The summed E-state index contributed by atoms with van der Waals surface area (Å²) in [4.78, 5) is 44.6. The number of hydrogen-bond donors (Lipinski definition) is 1. The molecule has 0 aliphatic carbocycles. The molecule has 0 spiro atoms. The summed E-state index contributed by atoms with van der Waals surface area (Å²) >= 11 is 1.31. The number of amides is 4. The van der Waals surface area contributed by atoms with Crippen molar-refractivity contribution in [1.82, 2.24) is 15.2 Å². The lowest BCUT2D eigenvalue weighted by Crippen LogP contribution is -2.44. The van der Waals surface area contributed by atoms with Crippen LogP contribution in [0.15, 0.2) is 35.7 Å². The molecule has 1 N–H and O–H groups in total. The second-order valence-electron chi connectivity index (χ2n) is 6.90. The summed E-state index contributed by atoms with van der Waals surface area (Å²) in [6.45, 7) is 3.59. The number of unbranched alkanes of at least 4 members (excludes halogenated alkanes) is 1. The van der Waals surface area contributed by atoms with E-state index in [1.165, 1.54) is 28.1 Å². The number of anilines is 1. The van der Waals surface area contributed by atoms with E-state index in [-0.39, 0.29) is 18.4 Å². The van der Waals surface area contributed by atoms with E-state index < -0.39 is 11.6 Å². The Morgan fingerprint density at radius 3 is 2.64 bits per heavy atom. The Balaban J connectivity index is 1.86. The molecule has 1 fully saturated rings. The third-order valence-electron chi connectivity index (χ3n) is 4.97. The van der Waals surface area contributed by atoms with Crippen LogP contribution >= 0.6 is 11.3 Å². The topological polar surface area (TPSA) is 82.6 Å². The van der Waals surface area contributed by atoms with Crippen LogP contribution in [0.3, 0.4) is 0 Å². The maximum Gasteiger partial charge on any atom is 0.325 e. The highest BCUT2D eigenvalue weighted by molar-refractivity contribution is 7.14. The molecule has 0 bridgehead atoms. The predicted molar refractivity (Wildman–Crippen MR) is 108 cm³/mol. The highest BCUT2D eigenvalue weighted by Gasteiger charge is 2.51. The number of hydrogen-bond acceptors (Lipinski definition) is 5. The summed E-state index contributed by atoms with van der Waals surface area (Å²) in [5, 5.41) is 5.24. The van der Waals surface area contributed by atoms with Crippen LogP contribution in [-0.4, -0.2) is 34.8 Å². The number of rotatable bonds is 7. The van der Waals surface area contributed by atoms with Gasteiger partial charge in [-0.3, -0.25) is 19.4 Å². The van der Waals surface area contributed by atoms with Crippen molar-refractivity contribution >= 4 is 34.3 Å². The van der Waals surface area contributed by atoms with Gasteiger partial charge in [0.25, 0.3) is 5.91 Å². The van der Waals surface area contributed by atoms with Crippen LogP contribution < -0.4 is 10.2 Å². The molecule has 8 heteroatoms. The highest BCUT2D eigenvalue weighted by atomic mass is 32.1. The average Bonchev–Trinajstić information content (AvgIpc) is 3.25. The molecule has 1 aliphatic rings. The smallest absolute Gasteiger partial charge is 0.319 e. The van der Waals surface area contributed by atoms with Gasteiger partial charge >= 0.3 is 6.03 Å².